The van der Waals surface area contributed by atoms with Gasteiger partial charge in [-0.2, -0.15) is 0 Å². The highest BCUT2D eigenvalue weighted by Crippen LogP contribution is 2.34. The third-order valence-corrected chi connectivity index (χ3v) is 2.37. The van der Waals surface area contributed by atoms with Gasteiger partial charge in [-0.25, -0.2) is 0 Å². The van der Waals surface area contributed by atoms with Crippen molar-refractivity contribution in [2.24, 2.45) is 0 Å². The molecule has 0 radical (unpaired) electrons. The van der Waals surface area contributed by atoms with Crippen LogP contribution in [-0.4, -0.2) is 40.4 Å². The SMILES string of the molecule is COc1cc(OC)c(OC)cc1CNN(C)C. The van der Waals surface area contributed by atoms with Crippen molar-refractivity contribution in [3.8, 4) is 17.2 Å². The van der Waals surface area contributed by atoms with E-state index < -0.39 is 0 Å². The minimum atomic E-state index is 0.663. The quantitative estimate of drug-likeness (QED) is 0.759. The van der Waals surface area contributed by atoms with Crippen molar-refractivity contribution in [2.75, 3.05) is 35.4 Å². The molecule has 0 aliphatic rings. The highest BCUT2D eigenvalue weighted by Gasteiger charge is 2.11. The van der Waals surface area contributed by atoms with Crippen LogP contribution in [0.25, 0.3) is 0 Å². The Morgan fingerprint density at radius 2 is 1.47 bits per heavy atom. The van der Waals surface area contributed by atoms with Crippen LogP contribution in [0.5, 0.6) is 17.2 Å². The van der Waals surface area contributed by atoms with Gasteiger partial charge in [0.25, 0.3) is 0 Å². The molecule has 0 unspecified atom stereocenters. The maximum atomic E-state index is 5.33. The molecule has 96 valence electrons. The number of hydrogen-bond acceptors (Lipinski definition) is 5. The van der Waals surface area contributed by atoms with Gasteiger partial charge < -0.3 is 14.2 Å². The Balaban J connectivity index is 3.01. The molecule has 1 N–H and O–H groups in total. The summed E-state index contributed by atoms with van der Waals surface area (Å²) in [5.41, 5.74) is 4.20. The first-order valence-electron chi connectivity index (χ1n) is 5.32. The van der Waals surface area contributed by atoms with Gasteiger partial charge in [0.1, 0.15) is 5.75 Å². The molecule has 0 saturated carbocycles. The zero-order chi connectivity index (χ0) is 12.8. The Morgan fingerprint density at radius 3 is 1.94 bits per heavy atom. The van der Waals surface area contributed by atoms with Crippen LogP contribution >= 0.6 is 0 Å². The first-order chi connectivity index (χ1) is 8.12. The molecule has 17 heavy (non-hydrogen) atoms. The van der Waals surface area contributed by atoms with Gasteiger partial charge in [0.2, 0.25) is 0 Å². The third kappa shape index (κ3) is 3.51. The van der Waals surface area contributed by atoms with Crippen LogP contribution < -0.4 is 19.6 Å². The van der Waals surface area contributed by atoms with Crippen molar-refractivity contribution in [1.29, 1.82) is 0 Å². The van der Waals surface area contributed by atoms with Crippen LogP contribution in [0.3, 0.4) is 0 Å². The summed E-state index contributed by atoms with van der Waals surface area (Å²) >= 11 is 0. The molecular formula is C12H20N2O3. The molecule has 0 saturated heterocycles. The summed E-state index contributed by atoms with van der Waals surface area (Å²) in [6.07, 6.45) is 0. The van der Waals surface area contributed by atoms with Crippen molar-refractivity contribution in [3.05, 3.63) is 17.7 Å². The highest BCUT2D eigenvalue weighted by atomic mass is 16.5. The summed E-state index contributed by atoms with van der Waals surface area (Å²) in [5.74, 6) is 2.14. The molecular weight excluding hydrogens is 220 g/mol. The van der Waals surface area contributed by atoms with Crippen molar-refractivity contribution < 1.29 is 14.2 Å². The first kappa shape index (κ1) is 13.6. The van der Waals surface area contributed by atoms with Gasteiger partial charge in [-0.05, 0) is 6.07 Å². The van der Waals surface area contributed by atoms with Crippen molar-refractivity contribution >= 4 is 0 Å². The maximum Gasteiger partial charge on any atom is 0.164 e. The fourth-order valence-corrected chi connectivity index (χ4v) is 1.47. The average molecular weight is 240 g/mol. The highest BCUT2D eigenvalue weighted by molar-refractivity contribution is 5.50. The van der Waals surface area contributed by atoms with E-state index in [4.69, 9.17) is 14.2 Å². The lowest BCUT2D eigenvalue weighted by molar-refractivity contribution is 0.281. The zero-order valence-electron chi connectivity index (χ0n) is 11.0. The average Bonchev–Trinajstić information content (AvgIpc) is 2.34. The molecule has 0 atom stereocenters. The van der Waals surface area contributed by atoms with Gasteiger partial charge >= 0.3 is 0 Å². The summed E-state index contributed by atoms with van der Waals surface area (Å²) in [6, 6.07) is 3.74. The summed E-state index contributed by atoms with van der Waals surface area (Å²) in [7, 11) is 8.74. The second-order valence-electron chi connectivity index (χ2n) is 3.75. The minimum absolute atomic E-state index is 0.663. The largest absolute Gasteiger partial charge is 0.496 e. The van der Waals surface area contributed by atoms with Gasteiger partial charge in [-0.1, -0.05) is 0 Å². The van der Waals surface area contributed by atoms with Gasteiger partial charge in [0, 0.05) is 32.3 Å². The molecule has 0 fully saturated rings. The molecule has 0 bridgehead atoms. The van der Waals surface area contributed by atoms with E-state index >= 15 is 0 Å². The molecule has 5 nitrogen and oxygen atoms in total. The third-order valence-electron chi connectivity index (χ3n) is 2.37. The molecule has 1 aromatic carbocycles. The van der Waals surface area contributed by atoms with Gasteiger partial charge in [-0.15, -0.1) is 0 Å². The monoisotopic (exact) mass is 240 g/mol. The maximum absolute atomic E-state index is 5.33. The first-order valence-corrected chi connectivity index (χ1v) is 5.32. The van der Waals surface area contributed by atoms with Crippen molar-refractivity contribution in [3.63, 3.8) is 0 Å². The van der Waals surface area contributed by atoms with Crippen LogP contribution in [0.4, 0.5) is 0 Å². The summed E-state index contributed by atoms with van der Waals surface area (Å²) < 4.78 is 15.8. The van der Waals surface area contributed by atoms with E-state index in [-0.39, 0.29) is 0 Å². The van der Waals surface area contributed by atoms with E-state index in [0.717, 1.165) is 11.3 Å². The van der Waals surface area contributed by atoms with Crippen LogP contribution in [0.15, 0.2) is 12.1 Å². The normalized spacial score (nSPS) is 10.5. The molecule has 1 aromatic rings. The molecule has 0 heterocycles. The van der Waals surface area contributed by atoms with Crippen LogP contribution in [-0.2, 0) is 6.54 Å². The number of nitrogens with zero attached hydrogens (tertiary/aromatic N) is 1. The topological polar surface area (TPSA) is 43.0 Å². The van der Waals surface area contributed by atoms with E-state index in [1.54, 1.807) is 21.3 Å². The predicted molar refractivity (Wildman–Crippen MR) is 66.6 cm³/mol. The Hall–Kier alpha value is -1.46. The Bertz CT molecular complexity index is 367. The van der Waals surface area contributed by atoms with Crippen LogP contribution in [0.1, 0.15) is 5.56 Å². The summed E-state index contributed by atoms with van der Waals surface area (Å²) in [6.45, 7) is 0.663. The van der Waals surface area contributed by atoms with Crippen molar-refractivity contribution in [2.45, 2.75) is 6.54 Å². The fourth-order valence-electron chi connectivity index (χ4n) is 1.47. The second-order valence-corrected chi connectivity index (χ2v) is 3.75. The van der Waals surface area contributed by atoms with E-state index in [9.17, 15) is 0 Å². The number of ether oxygens (including phenoxy) is 3. The number of benzene rings is 1. The molecule has 0 aliphatic carbocycles. The lowest BCUT2D eigenvalue weighted by Crippen LogP contribution is -2.29. The molecule has 5 heteroatoms. The Kier molecular flexibility index (Phi) is 5.06. The van der Waals surface area contributed by atoms with E-state index in [2.05, 4.69) is 5.43 Å². The fraction of sp³-hybridized carbons (Fsp3) is 0.500. The second kappa shape index (κ2) is 6.32. The number of methoxy groups -OCH3 is 3. The van der Waals surface area contributed by atoms with Gasteiger partial charge in [-0.3, -0.25) is 10.4 Å². The molecule has 0 aromatic heterocycles. The molecule has 0 amide bonds. The molecule has 0 aliphatic heterocycles. The number of nitrogens with one attached hydrogen (secondary N) is 1. The van der Waals surface area contributed by atoms with Gasteiger partial charge in [0.15, 0.2) is 11.5 Å². The lowest BCUT2D eigenvalue weighted by atomic mass is 10.1. The molecule has 1 rings (SSSR count). The Morgan fingerprint density at radius 1 is 0.941 bits per heavy atom. The Labute approximate surface area is 102 Å². The molecule has 0 spiro atoms. The van der Waals surface area contributed by atoms with Crippen LogP contribution in [0.2, 0.25) is 0 Å². The van der Waals surface area contributed by atoms with Crippen molar-refractivity contribution in [1.82, 2.24) is 10.4 Å². The standard InChI is InChI=1S/C12H20N2O3/c1-14(2)13-8-9-6-11(16-4)12(17-5)7-10(9)15-3/h6-7,13H,8H2,1-5H3. The number of rotatable bonds is 6. The summed E-state index contributed by atoms with van der Waals surface area (Å²) in [4.78, 5) is 0. The lowest BCUT2D eigenvalue weighted by Gasteiger charge is -2.16. The zero-order valence-corrected chi connectivity index (χ0v) is 11.0. The smallest absolute Gasteiger partial charge is 0.164 e. The van der Waals surface area contributed by atoms with E-state index in [1.807, 2.05) is 31.2 Å². The summed E-state index contributed by atoms with van der Waals surface area (Å²) in [5, 5.41) is 1.89. The minimum Gasteiger partial charge on any atom is -0.496 e. The van der Waals surface area contributed by atoms with E-state index in [1.165, 1.54) is 0 Å². The number of hydrazine groups is 1. The van der Waals surface area contributed by atoms with E-state index in [0.29, 0.717) is 18.0 Å². The number of hydrogen-bond donors (Lipinski definition) is 1. The predicted octanol–water partition coefficient (Wildman–Crippen LogP) is 1.28. The van der Waals surface area contributed by atoms with Gasteiger partial charge in [0.05, 0.1) is 21.3 Å². The van der Waals surface area contributed by atoms with Crippen LogP contribution in [0, 0.1) is 0 Å².